The molecule has 24 heavy (non-hydrogen) atoms. The summed E-state index contributed by atoms with van der Waals surface area (Å²) in [6, 6.07) is 0.0461. The van der Waals surface area contributed by atoms with E-state index in [4.69, 9.17) is 10.5 Å². The summed E-state index contributed by atoms with van der Waals surface area (Å²) in [5, 5.41) is 3.14. The first-order valence-electron chi connectivity index (χ1n) is 8.24. The molecule has 1 fully saturated rings. The predicted molar refractivity (Wildman–Crippen MR) is 105 cm³/mol. The minimum atomic E-state index is -0.852. The maximum absolute atomic E-state index is 12.8. The van der Waals surface area contributed by atoms with Crippen LogP contribution in [-0.4, -0.2) is 55.7 Å². The molecule has 1 amide bonds. The molecule has 1 aliphatic carbocycles. The Labute approximate surface area is 160 Å². The zero-order valence-electron chi connectivity index (χ0n) is 16.4. The van der Waals surface area contributed by atoms with Crippen LogP contribution in [0.25, 0.3) is 0 Å². The Kier molecular flexibility index (Phi) is 9.85. The van der Waals surface area contributed by atoms with Crippen molar-refractivity contribution >= 4 is 30.7 Å². The van der Waals surface area contributed by atoms with E-state index >= 15 is 0 Å². The molecule has 3 unspecified atom stereocenters. The Morgan fingerprint density at radius 1 is 1.38 bits per heavy atom. The molecule has 1 rings (SSSR count). The Balaban J connectivity index is 0. The molecule has 5 nitrogen and oxygen atoms in total. The number of nitrogens with two attached hydrogens (primary N) is 1. The van der Waals surface area contributed by atoms with Gasteiger partial charge in [0.1, 0.15) is 5.54 Å². The third-order valence-electron chi connectivity index (χ3n) is 5.48. The highest BCUT2D eigenvalue weighted by Crippen LogP contribution is 2.50. The van der Waals surface area contributed by atoms with Crippen LogP contribution < -0.4 is 11.1 Å². The number of carbonyl (C=O) groups is 1. The highest BCUT2D eigenvalue weighted by molar-refractivity contribution is 5.89. The normalized spacial score (nSPS) is 26.7. The summed E-state index contributed by atoms with van der Waals surface area (Å²) >= 11 is 0. The first kappa shape index (κ1) is 26.2. The zero-order chi connectivity index (χ0) is 17.3. The first-order valence-corrected chi connectivity index (χ1v) is 8.24. The summed E-state index contributed by atoms with van der Waals surface area (Å²) in [4.78, 5) is 14.9. The maximum Gasteiger partial charge on any atom is 0.241 e. The lowest BCUT2D eigenvalue weighted by atomic mass is 9.54. The number of hydrogen-bond donors (Lipinski definition) is 2. The van der Waals surface area contributed by atoms with Crippen LogP contribution >= 0.6 is 24.8 Å². The van der Waals surface area contributed by atoms with Gasteiger partial charge in [0.25, 0.3) is 0 Å². The van der Waals surface area contributed by atoms with E-state index in [1.807, 2.05) is 34.9 Å². The number of nitrogens with zero attached hydrogens (tertiary/aromatic N) is 1. The molecule has 0 aromatic carbocycles. The Morgan fingerprint density at radius 3 is 2.25 bits per heavy atom. The largest absolute Gasteiger partial charge is 0.378 e. The van der Waals surface area contributed by atoms with Gasteiger partial charge in [-0.2, -0.15) is 0 Å². The number of rotatable bonds is 7. The molecule has 0 aromatic heterocycles. The summed E-state index contributed by atoms with van der Waals surface area (Å²) in [6.07, 6.45) is 0.638. The van der Waals surface area contributed by atoms with E-state index in [1.54, 1.807) is 0 Å². The highest BCUT2D eigenvalue weighted by Gasteiger charge is 2.63. The minimum Gasteiger partial charge on any atom is -0.378 e. The van der Waals surface area contributed by atoms with Crippen molar-refractivity contribution in [2.45, 2.75) is 65.6 Å². The van der Waals surface area contributed by atoms with Crippen molar-refractivity contribution in [1.82, 2.24) is 10.2 Å². The van der Waals surface area contributed by atoms with Gasteiger partial charge in [-0.15, -0.1) is 24.8 Å². The molecule has 1 saturated carbocycles. The Bertz CT molecular complexity index is 417. The van der Waals surface area contributed by atoms with Gasteiger partial charge in [-0.3, -0.25) is 4.79 Å². The summed E-state index contributed by atoms with van der Waals surface area (Å²) in [5.74, 6) is -0.0622. The monoisotopic (exact) mass is 385 g/mol. The van der Waals surface area contributed by atoms with Crippen LogP contribution in [-0.2, 0) is 9.53 Å². The molecule has 146 valence electrons. The zero-order valence-corrected chi connectivity index (χ0v) is 18.1. The summed E-state index contributed by atoms with van der Waals surface area (Å²) in [6.45, 7) is 13.9. The molecule has 0 aliphatic heterocycles. The molecule has 1 aliphatic rings. The molecular weight excluding hydrogens is 349 g/mol. The fourth-order valence-electron chi connectivity index (χ4n) is 3.29. The molecule has 3 atom stereocenters. The SMILES string of the molecule is CCOC1CC(N)(C(=O)NC(C)C(C)(C)CN(C)C)C1(C)C.Cl.Cl. The van der Waals surface area contributed by atoms with Gasteiger partial charge >= 0.3 is 0 Å². The highest BCUT2D eigenvalue weighted by atomic mass is 35.5. The summed E-state index contributed by atoms with van der Waals surface area (Å²) in [7, 11) is 4.09. The molecule has 0 saturated heterocycles. The number of halogens is 2. The van der Waals surface area contributed by atoms with Gasteiger partial charge in [0.2, 0.25) is 5.91 Å². The van der Waals surface area contributed by atoms with Crippen molar-refractivity contribution in [3.63, 3.8) is 0 Å². The van der Waals surface area contributed by atoms with E-state index < -0.39 is 5.54 Å². The Morgan fingerprint density at radius 2 is 1.88 bits per heavy atom. The molecule has 7 heteroatoms. The van der Waals surface area contributed by atoms with E-state index in [-0.39, 0.29) is 53.7 Å². The van der Waals surface area contributed by atoms with Crippen molar-refractivity contribution in [1.29, 1.82) is 0 Å². The van der Waals surface area contributed by atoms with Crippen LogP contribution in [0.5, 0.6) is 0 Å². The average Bonchev–Trinajstić information content (AvgIpc) is 2.36. The Hall–Kier alpha value is -0.0700. The van der Waals surface area contributed by atoms with Crippen molar-refractivity contribution in [3.8, 4) is 0 Å². The lowest BCUT2D eigenvalue weighted by Gasteiger charge is -2.58. The smallest absolute Gasteiger partial charge is 0.241 e. The van der Waals surface area contributed by atoms with Gasteiger partial charge in [-0.25, -0.2) is 0 Å². The molecule has 3 N–H and O–H groups in total. The maximum atomic E-state index is 12.8. The van der Waals surface area contributed by atoms with Crippen molar-refractivity contribution in [2.75, 3.05) is 27.2 Å². The van der Waals surface area contributed by atoms with Crippen LogP contribution in [0.4, 0.5) is 0 Å². The van der Waals surface area contributed by atoms with Crippen LogP contribution in [0, 0.1) is 10.8 Å². The lowest BCUT2D eigenvalue weighted by Crippen LogP contribution is -2.76. The van der Waals surface area contributed by atoms with E-state index in [2.05, 4.69) is 31.0 Å². The van der Waals surface area contributed by atoms with E-state index in [0.29, 0.717) is 13.0 Å². The second kappa shape index (κ2) is 9.04. The van der Waals surface area contributed by atoms with E-state index in [1.165, 1.54) is 0 Å². The van der Waals surface area contributed by atoms with Crippen molar-refractivity contribution in [3.05, 3.63) is 0 Å². The van der Waals surface area contributed by atoms with Crippen LogP contribution in [0.3, 0.4) is 0 Å². The topological polar surface area (TPSA) is 67.6 Å². The molecule has 0 bridgehead atoms. The van der Waals surface area contributed by atoms with Crippen molar-refractivity contribution in [2.24, 2.45) is 16.6 Å². The third kappa shape index (κ3) is 4.98. The van der Waals surface area contributed by atoms with Gasteiger partial charge in [0.15, 0.2) is 0 Å². The van der Waals surface area contributed by atoms with Gasteiger partial charge in [0.05, 0.1) is 6.10 Å². The standard InChI is InChI=1S/C17H35N3O2.2ClH/c1-9-22-13-10-17(18,16(13,5)6)14(21)19-12(2)15(3,4)11-20(7)8;;/h12-13H,9-11,18H2,1-8H3,(H,19,21);2*1H. The number of carbonyl (C=O) groups excluding carboxylic acids is 1. The van der Waals surface area contributed by atoms with Crippen LogP contribution in [0.2, 0.25) is 0 Å². The predicted octanol–water partition coefficient (Wildman–Crippen LogP) is 2.46. The number of hydrogen-bond acceptors (Lipinski definition) is 4. The van der Waals surface area contributed by atoms with Crippen LogP contribution in [0.15, 0.2) is 0 Å². The summed E-state index contributed by atoms with van der Waals surface area (Å²) in [5.41, 5.74) is 5.21. The average molecular weight is 386 g/mol. The number of nitrogens with one attached hydrogen (secondary N) is 1. The minimum absolute atomic E-state index is 0. The molecule has 0 heterocycles. The molecule has 0 aromatic rings. The first-order chi connectivity index (χ1) is 9.88. The second-order valence-electron chi connectivity index (χ2n) is 8.26. The number of ether oxygens (including phenoxy) is 1. The summed E-state index contributed by atoms with van der Waals surface area (Å²) < 4.78 is 5.70. The molecule has 0 radical (unpaired) electrons. The fraction of sp³-hybridized carbons (Fsp3) is 0.941. The molecule has 0 spiro atoms. The van der Waals surface area contributed by atoms with Crippen LogP contribution in [0.1, 0.15) is 48.0 Å². The van der Waals surface area contributed by atoms with Gasteiger partial charge in [-0.05, 0) is 33.4 Å². The van der Waals surface area contributed by atoms with Gasteiger partial charge in [0, 0.05) is 31.0 Å². The van der Waals surface area contributed by atoms with Crippen molar-refractivity contribution < 1.29 is 9.53 Å². The fourth-order valence-corrected chi connectivity index (χ4v) is 3.29. The van der Waals surface area contributed by atoms with E-state index in [9.17, 15) is 4.79 Å². The lowest BCUT2D eigenvalue weighted by molar-refractivity contribution is -0.171. The number of amides is 1. The third-order valence-corrected chi connectivity index (χ3v) is 5.48. The van der Waals surface area contributed by atoms with E-state index in [0.717, 1.165) is 6.54 Å². The second-order valence-corrected chi connectivity index (χ2v) is 8.26. The van der Waals surface area contributed by atoms with Gasteiger partial charge in [-0.1, -0.05) is 27.7 Å². The van der Waals surface area contributed by atoms with Gasteiger partial charge < -0.3 is 20.7 Å². The molecular formula is C17H37Cl2N3O2. The quantitative estimate of drug-likeness (QED) is 0.705.